The first-order valence-corrected chi connectivity index (χ1v) is 9.15. The zero-order valence-electron chi connectivity index (χ0n) is 15.4. The van der Waals surface area contributed by atoms with Gasteiger partial charge in [-0.2, -0.15) is 5.10 Å². The summed E-state index contributed by atoms with van der Waals surface area (Å²) in [5.41, 5.74) is 4.59. The summed E-state index contributed by atoms with van der Waals surface area (Å²) in [6.07, 6.45) is 0. The standard InChI is InChI=1S/C22H27N3/c1-4-24(5-2)18(3)17-25-22(20-14-10-7-11-15-20)16-21(23-25)19-12-8-6-9-13-19/h6-16,18H,4-5,17H2,1-3H3. The normalized spacial score (nSPS) is 12.5. The second-order valence-corrected chi connectivity index (χ2v) is 6.40. The summed E-state index contributed by atoms with van der Waals surface area (Å²) >= 11 is 0. The Kier molecular flexibility index (Phi) is 5.67. The topological polar surface area (TPSA) is 21.1 Å². The fraction of sp³-hybridized carbons (Fsp3) is 0.318. The molecule has 1 heterocycles. The number of aromatic nitrogens is 2. The van der Waals surface area contributed by atoms with Crippen LogP contribution in [0.1, 0.15) is 20.8 Å². The van der Waals surface area contributed by atoms with Crippen molar-refractivity contribution in [3.8, 4) is 22.5 Å². The number of nitrogens with zero attached hydrogens (tertiary/aromatic N) is 3. The Morgan fingerprint density at radius 2 is 1.44 bits per heavy atom. The van der Waals surface area contributed by atoms with Gasteiger partial charge in [0.2, 0.25) is 0 Å². The fourth-order valence-electron chi connectivity index (χ4n) is 3.36. The molecule has 2 aromatic carbocycles. The van der Waals surface area contributed by atoms with Crippen LogP contribution in [0.5, 0.6) is 0 Å². The average molecular weight is 333 g/mol. The molecule has 0 aliphatic heterocycles. The molecule has 130 valence electrons. The molecule has 0 fully saturated rings. The lowest BCUT2D eigenvalue weighted by Crippen LogP contribution is -2.36. The maximum atomic E-state index is 4.94. The first-order chi connectivity index (χ1) is 12.2. The van der Waals surface area contributed by atoms with E-state index in [9.17, 15) is 0 Å². The first-order valence-electron chi connectivity index (χ1n) is 9.15. The zero-order chi connectivity index (χ0) is 17.6. The van der Waals surface area contributed by atoms with Crippen LogP contribution in [-0.2, 0) is 6.54 Å². The van der Waals surface area contributed by atoms with Crippen LogP contribution >= 0.6 is 0 Å². The Balaban J connectivity index is 1.99. The van der Waals surface area contributed by atoms with E-state index in [0.29, 0.717) is 6.04 Å². The van der Waals surface area contributed by atoms with Crippen molar-refractivity contribution < 1.29 is 0 Å². The van der Waals surface area contributed by atoms with Crippen LogP contribution in [-0.4, -0.2) is 33.8 Å². The Labute approximate surface area is 150 Å². The minimum Gasteiger partial charge on any atom is -0.299 e. The molecule has 3 heteroatoms. The van der Waals surface area contributed by atoms with Gasteiger partial charge in [-0.05, 0) is 31.6 Å². The van der Waals surface area contributed by atoms with Gasteiger partial charge >= 0.3 is 0 Å². The Hall–Kier alpha value is -2.39. The third-order valence-corrected chi connectivity index (χ3v) is 4.79. The highest BCUT2D eigenvalue weighted by molar-refractivity contribution is 5.68. The molecule has 25 heavy (non-hydrogen) atoms. The summed E-state index contributed by atoms with van der Waals surface area (Å²) in [7, 11) is 0. The molecule has 0 saturated heterocycles. The van der Waals surface area contributed by atoms with Gasteiger partial charge in [0.15, 0.2) is 0 Å². The van der Waals surface area contributed by atoms with E-state index < -0.39 is 0 Å². The van der Waals surface area contributed by atoms with E-state index in [-0.39, 0.29) is 0 Å². The molecule has 1 aromatic heterocycles. The van der Waals surface area contributed by atoms with E-state index in [4.69, 9.17) is 5.10 Å². The van der Waals surface area contributed by atoms with E-state index in [1.165, 1.54) is 11.3 Å². The van der Waals surface area contributed by atoms with E-state index in [2.05, 4.69) is 91.0 Å². The highest BCUT2D eigenvalue weighted by Crippen LogP contribution is 2.26. The molecule has 1 atom stereocenters. The monoisotopic (exact) mass is 333 g/mol. The van der Waals surface area contributed by atoms with Gasteiger partial charge in [0.25, 0.3) is 0 Å². The van der Waals surface area contributed by atoms with E-state index in [1.54, 1.807) is 0 Å². The largest absolute Gasteiger partial charge is 0.299 e. The molecule has 3 aromatic rings. The Morgan fingerprint density at radius 3 is 2.00 bits per heavy atom. The van der Waals surface area contributed by atoms with Gasteiger partial charge in [-0.3, -0.25) is 9.58 Å². The molecule has 0 radical (unpaired) electrons. The maximum Gasteiger partial charge on any atom is 0.0929 e. The van der Waals surface area contributed by atoms with Crippen LogP contribution in [0.25, 0.3) is 22.5 Å². The van der Waals surface area contributed by atoms with Gasteiger partial charge in [0.05, 0.1) is 17.9 Å². The van der Waals surface area contributed by atoms with Crippen molar-refractivity contribution in [1.29, 1.82) is 0 Å². The van der Waals surface area contributed by atoms with E-state index in [0.717, 1.165) is 30.9 Å². The summed E-state index contributed by atoms with van der Waals surface area (Å²) in [6, 6.07) is 23.6. The molecular weight excluding hydrogens is 306 g/mol. The molecule has 0 spiro atoms. The molecular formula is C22H27N3. The van der Waals surface area contributed by atoms with Crippen LogP contribution in [0, 0.1) is 0 Å². The smallest absolute Gasteiger partial charge is 0.0929 e. The van der Waals surface area contributed by atoms with Crippen molar-refractivity contribution in [3.05, 3.63) is 66.7 Å². The molecule has 1 unspecified atom stereocenters. The molecule has 0 amide bonds. The predicted octanol–water partition coefficient (Wildman–Crippen LogP) is 4.95. The summed E-state index contributed by atoms with van der Waals surface area (Å²) in [4.78, 5) is 2.47. The lowest BCUT2D eigenvalue weighted by molar-refractivity contribution is 0.207. The van der Waals surface area contributed by atoms with Crippen LogP contribution in [0.15, 0.2) is 66.7 Å². The minimum absolute atomic E-state index is 0.445. The van der Waals surface area contributed by atoms with Crippen molar-refractivity contribution in [2.45, 2.75) is 33.4 Å². The third kappa shape index (κ3) is 3.99. The first kappa shape index (κ1) is 17.4. The summed E-state index contributed by atoms with van der Waals surface area (Å²) < 4.78 is 2.17. The van der Waals surface area contributed by atoms with E-state index >= 15 is 0 Å². The van der Waals surface area contributed by atoms with Crippen LogP contribution in [0.3, 0.4) is 0 Å². The van der Waals surface area contributed by atoms with Crippen LogP contribution < -0.4 is 0 Å². The second kappa shape index (κ2) is 8.13. The minimum atomic E-state index is 0.445. The van der Waals surface area contributed by atoms with Crippen LogP contribution in [0.4, 0.5) is 0 Å². The molecule has 0 bridgehead atoms. The van der Waals surface area contributed by atoms with Crippen molar-refractivity contribution >= 4 is 0 Å². The van der Waals surface area contributed by atoms with Gasteiger partial charge in [-0.15, -0.1) is 0 Å². The Bertz CT molecular complexity index is 774. The molecule has 0 aliphatic carbocycles. The summed E-state index contributed by atoms with van der Waals surface area (Å²) in [5.74, 6) is 0. The molecule has 0 saturated carbocycles. The lowest BCUT2D eigenvalue weighted by atomic mass is 10.1. The quantitative estimate of drug-likeness (QED) is 0.610. The summed E-state index contributed by atoms with van der Waals surface area (Å²) in [5, 5.41) is 4.94. The van der Waals surface area contributed by atoms with Gasteiger partial charge in [-0.1, -0.05) is 74.5 Å². The fourth-order valence-corrected chi connectivity index (χ4v) is 3.36. The predicted molar refractivity (Wildman–Crippen MR) is 105 cm³/mol. The van der Waals surface area contributed by atoms with Crippen molar-refractivity contribution in [2.75, 3.05) is 13.1 Å². The third-order valence-electron chi connectivity index (χ3n) is 4.79. The van der Waals surface area contributed by atoms with Gasteiger partial charge < -0.3 is 0 Å². The van der Waals surface area contributed by atoms with Gasteiger partial charge in [0, 0.05) is 11.6 Å². The highest BCUT2D eigenvalue weighted by atomic mass is 15.3. The SMILES string of the molecule is CCN(CC)C(C)Cn1nc(-c2ccccc2)cc1-c1ccccc1. The van der Waals surface area contributed by atoms with Crippen molar-refractivity contribution in [1.82, 2.24) is 14.7 Å². The number of hydrogen-bond acceptors (Lipinski definition) is 2. The number of benzene rings is 2. The van der Waals surface area contributed by atoms with Crippen molar-refractivity contribution in [2.24, 2.45) is 0 Å². The Morgan fingerprint density at radius 1 is 0.880 bits per heavy atom. The van der Waals surface area contributed by atoms with Crippen molar-refractivity contribution in [3.63, 3.8) is 0 Å². The molecule has 3 rings (SSSR count). The average Bonchev–Trinajstić information content (AvgIpc) is 3.08. The molecule has 0 aliphatic rings. The van der Waals surface area contributed by atoms with Gasteiger partial charge in [-0.25, -0.2) is 0 Å². The van der Waals surface area contributed by atoms with Crippen LogP contribution in [0.2, 0.25) is 0 Å². The van der Waals surface area contributed by atoms with Gasteiger partial charge in [0.1, 0.15) is 0 Å². The van der Waals surface area contributed by atoms with E-state index in [1.807, 2.05) is 6.07 Å². The number of likely N-dealkylation sites (N-methyl/N-ethyl adjacent to an activating group) is 1. The summed E-state index contributed by atoms with van der Waals surface area (Å²) in [6.45, 7) is 9.73. The lowest BCUT2D eigenvalue weighted by Gasteiger charge is -2.26. The molecule has 0 N–H and O–H groups in total. The number of rotatable bonds is 7. The zero-order valence-corrected chi connectivity index (χ0v) is 15.4. The maximum absolute atomic E-state index is 4.94. The molecule has 3 nitrogen and oxygen atoms in total. The number of hydrogen-bond donors (Lipinski definition) is 0. The second-order valence-electron chi connectivity index (χ2n) is 6.40. The highest BCUT2D eigenvalue weighted by Gasteiger charge is 2.16.